The summed E-state index contributed by atoms with van der Waals surface area (Å²) >= 11 is 7.41. The minimum absolute atomic E-state index is 0.0652. The molecule has 0 spiro atoms. The number of hydrogen-bond acceptors (Lipinski definition) is 5. The topological polar surface area (TPSA) is 92.4 Å². The Kier molecular flexibility index (Phi) is 8.20. The van der Waals surface area contributed by atoms with Crippen LogP contribution >= 0.6 is 22.9 Å². The van der Waals surface area contributed by atoms with Crippen molar-refractivity contribution in [2.45, 2.75) is 51.3 Å². The number of nitrogens with zero attached hydrogens (tertiary/aromatic N) is 1. The molecule has 1 saturated carbocycles. The van der Waals surface area contributed by atoms with Crippen molar-refractivity contribution in [1.82, 2.24) is 15.6 Å². The maximum absolute atomic E-state index is 13.7. The number of halogens is 2. The van der Waals surface area contributed by atoms with Gasteiger partial charge in [0.1, 0.15) is 17.3 Å². The van der Waals surface area contributed by atoms with E-state index < -0.39 is 5.82 Å². The Bertz CT molecular complexity index is 1200. The van der Waals surface area contributed by atoms with Crippen molar-refractivity contribution in [2.75, 3.05) is 5.32 Å². The molecule has 0 unspecified atom stereocenters. The lowest BCUT2D eigenvalue weighted by atomic mass is 9.90. The Morgan fingerprint density at radius 2 is 1.89 bits per heavy atom. The average molecular weight is 517 g/mol. The van der Waals surface area contributed by atoms with Crippen LogP contribution in [0.25, 0.3) is 0 Å². The second-order valence-corrected chi connectivity index (χ2v) is 9.73. The fourth-order valence-corrected chi connectivity index (χ4v) is 4.77. The van der Waals surface area contributed by atoms with E-state index in [1.165, 1.54) is 23.5 Å². The summed E-state index contributed by atoms with van der Waals surface area (Å²) in [5, 5.41) is 11.6. The van der Waals surface area contributed by atoms with Gasteiger partial charge in [-0.1, -0.05) is 42.6 Å². The van der Waals surface area contributed by atoms with Crippen molar-refractivity contribution in [3.63, 3.8) is 0 Å². The Morgan fingerprint density at radius 3 is 2.63 bits per heavy atom. The molecule has 0 radical (unpaired) electrons. The van der Waals surface area contributed by atoms with Crippen molar-refractivity contribution >= 4 is 40.6 Å². The Labute approximate surface area is 212 Å². The fourth-order valence-electron chi connectivity index (χ4n) is 3.91. The molecule has 7 nitrogen and oxygen atoms in total. The summed E-state index contributed by atoms with van der Waals surface area (Å²) in [5.74, 6) is -0.633. The third kappa shape index (κ3) is 6.70. The first-order valence-corrected chi connectivity index (χ1v) is 12.6. The van der Waals surface area contributed by atoms with Crippen LogP contribution in [0.4, 0.5) is 14.9 Å². The number of benzene rings is 2. The van der Waals surface area contributed by atoms with Crippen molar-refractivity contribution in [1.29, 1.82) is 0 Å². The van der Waals surface area contributed by atoms with Gasteiger partial charge in [0.05, 0.1) is 6.04 Å². The van der Waals surface area contributed by atoms with E-state index in [4.69, 9.17) is 16.3 Å². The van der Waals surface area contributed by atoms with Crippen molar-refractivity contribution < 1.29 is 18.7 Å². The Hall–Kier alpha value is -3.17. The van der Waals surface area contributed by atoms with Crippen LogP contribution in [0.5, 0.6) is 5.75 Å². The molecule has 0 aliphatic heterocycles. The summed E-state index contributed by atoms with van der Waals surface area (Å²) in [5.41, 5.74) is 1.80. The number of amides is 3. The van der Waals surface area contributed by atoms with Gasteiger partial charge in [0, 0.05) is 22.1 Å². The largest absolute Gasteiger partial charge is 0.483 e. The molecule has 2 aromatic carbocycles. The standard InChI is InChI=1S/C25H26ClFN4O3S/c1-15-10-11-16(12-17(15)26)28-25(33)31-20-8-4-3-7-19(20)30-24(32)21-14-35-23(29-21)13-34-22-9-5-2-6-18(22)27/h2,5-6,9-12,14,19-20H,3-4,7-8,13H2,1H3,(H,30,32)(H2,28,31,33)/t19-,20-/m1/s1. The third-order valence-corrected chi connectivity index (χ3v) is 7.03. The number of anilines is 1. The van der Waals surface area contributed by atoms with Gasteiger partial charge in [-0.05, 0) is 49.6 Å². The van der Waals surface area contributed by atoms with Crippen molar-refractivity contribution in [3.8, 4) is 5.75 Å². The molecule has 3 N–H and O–H groups in total. The molecule has 0 bridgehead atoms. The van der Waals surface area contributed by atoms with Crippen molar-refractivity contribution in [2.24, 2.45) is 0 Å². The minimum Gasteiger partial charge on any atom is -0.483 e. The number of para-hydroxylation sites is 1. The summed E-state index contributed by atoms with van der Waals surface area (Å²) in [6, 6.07) is 10.7. The normalized spacial score (nSPS) is 17.5. The zero-order valence-corrected chi connectivity index (χ0v) is 20.7. The first kappa shape index (κ1) is 24.9. The van der Waals surface area contributed by atoms with E-state index in [1.54, 1.807) is 29.6 Å². The molecule has 4 rings (SSSR count). The lowest BCUT2D eigenvalue weighted by molar-refractivity contribution is 0.0911. The van der Waals surface area contributed by atoms with E-state index in [0.29, 0.717) is 15.7 Å². The van der Waals surface area contributed by atoms with E-state index in [-0.39, 0.29) is 42.1 Å². The highest BCUT2D eigenvalue weighted by molar-refractivity contribution is 7.09. The SMILES string of the molecule is Cc1ccc(NC(=O)N[C@@H]2CCCC[C@H]2NC(=O)c2csc(COc3ccccc3F)n2)cc1Cl. The number of aromatic nitrogens is 1. The van der Waals surface area contributed by atoms with Gasteiger partial charge in [0.2, 0.25) is 0 Å². The molecule has 1 heterocycles. The molecule has 0 saturated heterocycles. The summed E-state index contributed by atoms with van der Waals surface area (Å²) in [4.78, 5) is 29.7. The van der Waals surface area contributed by atoms with Gasteiger partial charge in [-0.15, -0.1) is 11.3 Å². The van der Waals surface area contributed by atoms with Crippen LogP contribution in [-0.2, 0) is 6.61 Å². The summed E-state index contributed by atoms with van der Waals surface area (Å²) < 4.78 is 19.2. The molecule has 3 aromatic rings. The zero-order valence-electron chi connectivity index (χ0n) is 19.1. The van der Waals surface area contributed by atoms with Gasteiger partial charge in [-0.25, -0.2) is 14.2 Å². The lowest BCUT2D eigenvalue weighted by Gasteiger charge is -2.32. The number of carbonyl (C=O) groups excluding carboxylic acids is 2. The monoisotopic (exact) mass is 516 g/mol. The second-order valence-electron chi connectivity index (χ2n) is 8.38. The highest BCUT2D eigenvalue weighted by atomic mass is 35.5. The lowest BCUT2D eigenvalue weighted by Crippen LogP contribution is -2.54. The van der Waals surface area contributed by atoms with Crippen LogP contribution in [0.3, 0.4) is 0 Å². The van der Waals surface area contributed by atoms with Crippen LogP contribution in [0.1, 0.15) is 46.7 Å². The quantitative estimate of drug-likeness (QED) is 0.376. The molecule has 1 aliphatic carbocycles. The minimum atomic E-state index is -0.452. The number of aryl methyl sites for hydroxylation is 1. The van der Waals surface area contributed by atoms with Crippen LogP contribution in [-0.4, -0.2) is 29.0 Å². The number of rotatable bonds is 7. The fraction of sp³-hybridized carbons (Fsp3) is 0.320. The molecular formula is C25H26ClFN4O3S. The van der Waals surface area contributed by atoms with Gasteiger partial charge in [-0.3, -0.25) is 4.79 Å². The van der Waals surface area contributed by atoms with Crippen LogP contribution in [0.2, 0.25) is 5.02 Å². The summed E-state index contributed by atoms with van der Waals surface area (Å²) in [7, 11) is 0. The van der Waals surface area contributed by atoms with E-state index in [1.807, 2.05) is 13.0 Å². The number of thiazole rings is 1. The van der Waals surface area contributed by atoms with Gasteiger partial charge in [0.15, 0.2) is 11.6 Å². The van der Waals surface area contributed by atoms with E-state index >= 15 is 0 Å². The number of urea groups is 1. The van der Waals surface area contributed by atoms with Gasteiger partial charge in [-0.2, -0.15) is 0 Å². The maximum Gasteiger partial charge on any atom is 0.319 e. The molecule has 2 atom stereocenters. The first-order chi connectivity index (χ1) is 16.9. The smallest absolute Gasteiger partial charge is 0.319 e. The summed E-state index contributed by atoms with van der Waals surface area (Å²) in [6.45, 7) is 1.96. The van der Waals surface area contributed by atoms with Crippen molar-refractivity contribution in [3.05, 3.63) is 74.9 Å². The van der Waals surface area contributed by atoms with Crippen LogP contribution < -0.4 is 20.7 Å². The number of carbonyl (C=O) groups is 2. The molecule has 1 aromatic heterocycles. The van der Waals surface area contributed by atoms with E-state index in [2.05, 4.69) is 20.9 Å². The van der Waals surface area contributed by atoms with Crippen LogP contribution in [0, 0.1) is 12.7 Å². The van der Waals surface area contributed by atoms with Gasteiger partial charge < -0.3 is 20.7 Å². The predicted octanol–water partition coefficient (Wildman–Crippen LogP) is 5.69. The molecule has 1 fully saturated rings. The number of ether oxygens (including phenoxy) is 1. The van der Waals surface area contributed by atoms with Crippen LogP contribution in [0.15, 0.2) is 47.8 Å². The predicted molar refractivity (Wildman–Crippen MR) is 135 cm³/mol. The molecule has 10 heteroatoms. The Morgan fingerprint density at radius 1 is 1.14 bits per heavy atom. The van der Waals surface area contributed by atoms with Gasteiger partial charge in [0.25, 0.3) is 5.91 Å². The highest BCUT2D eigenvalue weighted by Gasteiger charge is 2.29. The average Bonchev–Trinajstić information content (AvgIpc) is 3.31. The maximum atomic E-state index is 13.7. The molecule has 1 aliphatic rings. The van der Waals surface area contributed by atoms with Gasteiger partial charge >= 0.3 is 6.03 Å². The van der Waals surface area contributed by atoms with E-state index in [0.717, 1.165) is 31.2 Å². The number of nitrogens with one attached hydrogen (secondary N) is 3. The Balaban J connectivity index is 1.32. The first-order valence-electron chi connectivity index (χ1n) is 11.4. The molecule has 184 valence electrons. The van der Waals surface area contributed by atoms with E-state index in [9.17, 15) is 14.0 Å². The molecule has 35 heavy (non-hydrogen) atoms. The zero-order chi connectivity index (χ0) is 24.8. The molecular weight excluding hydrogens is 491 g/mol. The highest BCUT2D eigenvalue weighted by Crippen LogP contribution is 2.22. The number of hydrogen-bond donors (Lipinski definition) is 3. The third-order valence-electron chi connectivity index (χ3n) is 5.80. The second kappa shape index (κ2) is 11.5. The summed E-state index contributed by atoms with van der Waals surface area (Å²) in [6.07, 6.45) is 3.42. The molecule has 3 amide bonds.